The molecule has 12 heteroatoms. The third-order valence-electron chi connectivity index (χ3n) is 11.4. The van der Waals surface area contributed by atoms with Gasteiger partial charge in [0, 0.05) is 68.7 Å². The zero-order chi connectivity index (χ0) is 40.5. The second-order valence-electron chi connectivity index (χ2n) is 16.1. The predicted molar refractivity (Wildman–Crippen MR) is 223 cm³/mol. The van der Waals surface area contributed by atoms with Gasteiger partial charge in [0.1, 0.15) is 0 Å². The molecule has 0 fully saturated rings. The molecule has 0 saturated carbocycles. The number of nitrogens with zero attached hydrogens (tertiary/aromatic N) is 5. The van der Waals surface area contributed by atoms with Gasteiger partial charge in [-0.25, -0.2) is 9.80 Å². The van der Waals surface area contributed by atoms with Crippen molar-refractivity contribution in [2.24, 2.45) is 22.9 Å². The van der Waals surface area contributed by atoms with Crippen LogP contribution in [0.15, 0.2) is 78.3 Å². The molecule has 2 aliphatic rings. The number of aromatic nitrogens is 2. The highest BCUT2D eigenvalue weighted by molar-refractivity contribution is 6.06. The Hall–Kier alpha value is -5.65. The van der Waals surface area contributed by atoms with Crippen LogP contribution in [0, 0.1) is 24.7 Å². The number of anilines is 1. The van der Waals surface area contributed by atoms with Gasteiger partial charge in [0.25, 0.3) is 5.91 Å². The normalized spacial score (nSPS) is 16.3. The van der Waals surface area contributed by atoms with E-state index < -0.39 is 5.92 Å². The highest BCUT2D eigenvalue weighted by atomic mass is 16.2. The quantitative estimate of drug-likeness (QED) is 0.102. The summed E-state index contributed by atoms with van der Waals surface area (Å²) in [5.41, 5.74) is 7.36. The van der Waals surface area contributed by atoms with Gasteiger partial charge in [-0.15, -0.1) is 0 Å². The summed E-state index contributed by atoms with van der Waals surface area (Å²) in [6, 6.07) is 17.6. The van der Waals surface area contributed by atoms with Gasteiger partial charge in [0.15, 0.2) is 0 Å². The monoisotopic (exact) mass is 772 g/mol. The van der Waals surface area contributed by atoms with Gasteiger partial charge < -0.3 is 20.9 Å². The van der Waals surface area contributed by atoms with Gasteiger partial charge in [-0.3, -0.25) is 24.4 Å². The second kappa shape index (κ2) is 19.0. The number of amides is 5. The number of unbranched alkanes of at least 4 members (excludes halogenated alkanes) is 3. The molecule has 4 heterocycles. The van der Waals surface area contributed by atoms with Crippen LogP contribution < -0.4 is 16.0 Å². The van der Waals surface area contributed by atoms with E-state index >= 15 is 0 Å². The highest BCUT2D eigenvalue weighted by Crippen LogP contribution is 2.32. The number of benzene rings is 2. The standard InChI is InChI=1S/C45H56N8O4/c1-29(2)32(5)31(4)21-42(54)49-26-43(55)47-17-8-6-7-9-19-53-44(56)39(34-10-11-35-20-30(3)24-48-40(35)22-34)23-41(51-53)33-12-14-38(15-13-33)50-45(57)52-27-36-16-18-46-25-37(36)28-52/h10-16,18,20,22,24-25,29,31-32,39H,6-9,17,19,21,23,26-28H2,1-5H3,(H,47,55)(H,49,54)(H,50,57). The first kappa shape index (κ1) is 41.0. The van der Waals surface area contributed by atoms with E-state index in [0.717, 1.165) is 70.1 Å². The minimum Gasteiger partial charge on any atom is -0.355 e. The lowest BCUT2D eigenvalue weighted by Gasteiger charge is -2.30. The number of carbonyl (C=O) groups excluding carboxylic acids is 4. The number of aryl methyl sites for hydroxylation is 1. The number of hydrogen-bond donors (Lipinski definition) is 3. The molecule has 0 saturated heterocycles. The smallest absolute Gasteiger partial charge is 0.322 e. The fourth-order valence-corrected chi connectivity index (χ4v) is 7.49. The fourth-order valence-electron chi connectivity index (χ4n) is 7.49. The van der Waals surface area contributed by atoms with Crippen molar-refractivity contribution in [3.8, 4) is 0 Å². The second-order valence-corrected chi connectivity index (χ2v) is 16.1. The minimum absolute atomic E-state index is 0.0174. The van der Waals surface area contributed by atoms with Gasteiger partial charge in [0.2, 0.25) is 11.8 Å². The number of nitrogens with one attached hydrogen (secondary N) is 3. The Morgan fingerprint density at radius 2 is 1.63 bits per heavy atom. The lowest BCUT2D eigenvalue weighted by molar-refractivity contribution is -0.133. The molecule has 0 aliphatic carbocycles. The summed E-state index contributed by atoms with van der Waals surface area (Å²) in [5, 5.41) is 16.2. The highest BCUT2D eigenvalue weighted by Gasteiger charge is 2.33. The molecule has 0 spiro atoms. The van der Waals surface area contributed by atoms with Gasteiger partial charge in [-0.2, -0.15) is 5.10 Å². The summed E-state index contributed by atoms with van der Waals surface area (Å²) in [4.78, 5) is 62.3. The number of carbonyl (C=O) groups is 4. The molecule has 2 aliphatic heterocycles. The number of urea groups is 1. The van der Waals surface area contributed by atoms with Crippen LogP contribution in [0.25, 0.3) is 10.9 Å². The third kappa shape index (κ3) is 10.8. The minimum atomic E-state index is -0.423. The summed E-state index contributed by atoms with van der Waals surface area (Å²) in [6.45, 7) is 12.6. The van der Waals surface area contributed by atoms with E-state index in [0.29, 0.717) is 56.5 Å². The molecule has 300 valence electrons. The number of hydrogen-bond acceptors (Lipinski definition) is 7. The molecule has 5 amide bonds. The molecule has 2 aromatic carbocycles. The third-order valence-corrected chi connectivity index (χ3v) is 11.4. The average molecular weight is 773 g/mol. The van der Waals surface area contributed by atoms with Crippen LogP contribution in [-0.2, 0) is 27.5 Å². The van der Waals surface area contributed by atoms with Crippen molar-refractivity contribution < 1.29 is 19.2 Å². The van der Waals surface area contributed by atoms with Crippen LogP contribution in [0.4, 0.5) is 10.5 Å². The van der Waals surface area contributed by atoms with E-state index in [1.165, 1.54) is 0 Å². The largest absolute Gasteiger partial charge is 0.355 e. The predicted octanol–water partition coefficient (Wildman–Crippen LogP) is 7.32. The van der Waals surface area contributed by atoms with Gasteiger partial charge >= 0.3 is 6.03 Å². The van der Waals surface area contributed by atoms with Crippen molar-refractivity contribution in [3.63, 3.8) is 0 Å². The van der Waals surface area contributed by atoms with Crippen molar-refractivity contribution in [2.75, 3.05) is 25.0 Å². The molecule has 0 radical (unpaired) electrons. The van der Waals surface area contributed by atoms with Gasteiger partial charge in [-0.1, -0.05) is 64.8 Å². The molecule has 4 aromatic rings. The summed E-state index contributed by atoms with van der Waals surface area (Å²) in [5.74, 6) is 0.428. The van der Waals surface area contributed by atoms with E-state index in [1.807, 2.05) is 67.8 Å². The molecule has 6 rings (SSSR count). The Morgan fingerprint density at radius 1 is 0.860 bits per heavy atom. The molecular formula is C45H56N8O4. The van der Waals surface area contributed by atoms with Crippen LogP contribution in [0.2, 0.25) is 0 Å². The van der Waals surface area contributed by atoms with Crippen molar-refractivity contribution in [1.29, 1.82) is 0 Å². The summed E-state index contributed by atoms with van der Waals surface area (Å²) >= 11 is 0. The van der Waals surface area contributed by atoms with E-state index in [2.05, 4.69) is 59.7 Å². The molecule has 12 nitrogen and oxygen atoms in total. The first-order chi connectivity index (χ1) is 27.4. The Bertz CT molecular complexity index is 2070. The van der Waals surface area contributed by atoms with Crippen LogP contribution in [0.3, 0.4) is 0 Å². The maximum absolute atomic E-state index is 14.0. The zero-order valence-electron chi connectivity index (χ0n) is 33.9. The van der Waals surface area contributed by atoms with Crippen LogP contribution in [0.1, 0.15) is 100.0 Å². The van der Waals surface area contributed by atoms with Crippen LogP contribution >= 0.6 is 0 Å². The van der Waals surface area contributed by atoms with Crippen molar-refractivity contribution in [3.05, 3.63) is 101 Å². The summed E-state index contributed by atoms with van der Waals surface area (Å²) in [7, 11) is 0. The van der Waals surface area contributed by atoms with Crippen molar-refractivity contribution in [1.82, 2.24) is 30.5 Å². The van der Waals surface area contributed by atoms with Crippen LogP contribution in [0.5, 0.6) is 0 Å². The number of rotatable bonds is 16. The van der Waals surface area contributed by atoms with Gasteiger partial charge in [0.05, 0.1) is 23.7 Å². The van der Waals surface area contributed by atoms with E-state index in [4.69, 9.17) is 5.10 Å². The number of pyridine rings is 2. The summed E-state index contributed by atoms with van der Waals surface area (Å²) in [6.07, 6.45) is 9.54. The summed E-state index contributed by atoms with van der Waals surface area (Å²) < 4.78 is 0. The molecule has 3 unspecified atom stereocenters. The topological polar surface area (TPSA) is 149 Å². The molecular weight excluding hydrogens is 717 g/mol. The molecule has 3 N–H and O–H groups in total. The van der Waals surface area contributed by atoms with E-state index in [-0.39, 0.29) is 36.2 Å². The van der Waals surface area contributed by atoms with Gasteiger partial charge in [-0.05, 0) is 95.7 Å². The SMILES string of the molecule is Cc1cnc2cc(C3CC(c4ccc(NC(=O)N5Cc6ccncc6C5)cc4)=NN(CCCCCCNC(=O)CNC(=O)CC(C)C(C)C(C)C)C3=O)ccc2c1. The Kier molecular flexibility index (Phi) is 13.7. The lowest BCUT2D eigenvalue weighted by atomic mass is 9.84. The zero-order valence-corrected chi connectivity index (χ0v) is 33.9. The van der Waals surface area contributed by atoms with Crippen LogP contribution in [-0.4, -0.2) is 69.0 Å². The Morgan fingerprint density at radius 3 is 2.40 bits per heavy atom. The average Bonchev–Trinajstić information content (AvgIpc) is 3.65. The number of fused-ring (bicyclic) bond motifs is 2. The molecule has 57 heavy (non-hydrogen) atoms. The first-order valence-corrected chi connectivity index (χ1v) is 20.3. The van der Waals surface area contributed by atoms with Crippen molar-refractivity contribution in [2.45, 2.75) is 92.2 Å². The Labute approximate surface area is 335 Å². The molecule has 0 bridgehead atoms. The van der Waals surface area contributed by atoms with Crippen molar-refractivity contribution >= 4 is 46.1 Å². The number of hydrazone groups is 1. The lowest BCUT2D eigenvalue weighted by Crippen LogP contribution is -2.38. The maximum Gasteiger partial charge on any atom is 0.322 e. The Balaban J connectivity index is 1.03. The molecule has 3 atom stereocenters. The fraction of sp³-hybridized carbons (Fsp3) is 0.444. The van der Waals surface area contributed by atoms with E-state index in [9.17, 15) is 19.2 Å². The first-order valence-electron chi connectivity index (χ1n) is 20.3. The molecule has 2 aromatic heterocycles. The maximum atomic E-state index is 14.0. The van der Waals surface area contributed by atoms with E-state index in [1.54, 1.807) is 16.1 Å².